The molecule has 7 unspecified atom stereocenters. The van der Waals surface area contributed by atoms with Gasteiger partial charge in [-0.05, 0) is 114 Å². The summed E-state index contributed by atoms with van der Waals surface area (Å²) in [5.41, 5.74) is 3.80. The van der Waals surface area contributed by atoms with E-state index in [1.165, 1.54) is 18.2 Å². The third-order valence-corrected chi connectivity index (χ3v) is 13.5. The fraction of sp³-hybridized carbons (Fsp3) is 0.423. The van der Waals surface area contributed by atoms with Gasteiger partial charge in [-0.2, -0.15) is 0 Å². The Morgan fingerprint density at radius 1 is 0.985 bits per heavy atom. The smallest absolute Gasteiger partial charge is 0.269 e. The van der Waals surface area contributed by atoms with E-state index in [0.29, 0.717) is 42.9 Å². The molecule has 1 saturated heterocycles. The number of aliphatic hydroxyl groups excluding tert-OH is 2. The fourth-order valence-electron chi connectivity index (χ4n) is 10.5. The van der Waals surface area contributed by atoms with E-state index in [9.17, 15) is 25.4 Å². The van der Waals surface area contributed by atoms with Crippen LogP contribution in [0.3, 0.4) is 0 Å². The second-order valence-corrected chi connectivity index (χ2v) is 17.5. The Hall–Kier alpha value is -5.86. The van der Waals surface area contributed by atoms with Crippen LogP contribution in [0, 0.1) is 27.9 Å². The number of phenols is 1. The van der Waals surface area contributed by atoms with Gasteiger partial charge in [0.1, 0.15) is 17.5 Å². The Bertz CT molecular complexity index is 2400. The summed E-state index contributed by atoms with van der Waals surface area (Å²) in [6.45, 7) is 4.99. The molecular weight excluding hydrogens is 827 g/mol. The van der Waals surface area contributed by atoms with E-state index in [1.807, 2.05) is 42.5 Å². The Labute approximate surface area is 379 Å². The zero-order chi connectivity index (χ0) is 45.3. The van der Waals surface area contributed by atoms with Gasteiger partial charge in [-0.1, -0.05) is 72.6 Å². The van der Waals surface area contributed by atoms with Gasteiger partial charge in [0.2, 0.25) is 18.0 Å². The molecular formula is C52H59N3O10. The molecule has 7 atom stereocenters. The van der Waals surface area contributed by atoms with Crippen molar-refractivity contribution in [1.82, 2.24) is 4.90 Å². The minimum Gasteiger partial charge on any atom is -0.508 e. The van der Waals surface area contributed by atoms with E-state index >= 15 is 4.79 Å². The second-order valence-electron chi connectivity index (χ2n) is 17.5. The summed E-state index contributed by atoms with van der Waals surface area (Å²) in [5.74, 6) is -2.12. The molecule has 2 aliphatic heterocycles. The Morgan fingerprint density at radius 3 is 2.52 bits per heavy atom. The number of fused-ring (bicyclic) bond motifs is 3. The molecule has 0 radical (unpaired) electrons. The van der Waals surface area contributed by atoms with Gasteiger partial charge in [-0.25, -0.2) is 0 Å². The van der Waals surface area contributed by atoms with Crippen molar-refractivity contribution in [2.45, 2.75) is 94.8 Å². The van der Waals surface area contributed by atoms with Crippen LogP contribution in [0.5, 0.6) is 11.5 Å². The molecule has 2 heterocycles. The van der Waals surface area contributed by atoms with E-state index in [-0.39, 0.29) is 67.9 Å². The highest BCUT2D eigenvalue weighted by Gasteiger charge is 2.65. The number of aliphatic hydroxyl groups is 2. The average molecular weight is 886 g/mol. The van der Waals surface area contributed by atoms with Gasteiger partial charge < -0.3 is 39.3 Å². The van der Waals surface area contributed by atoms with E-state index in [2.05, 4.69) is 12.7 Å². The van der Waals surface area contributed by atoms with Crippen molar-refractivity contribution in [2.24, 2.45) is 22.9 Å². The number of non-ortho nitro benzene ring substituents is 1. The number of hydrogen-bond acceptors (Lipinski definition) is 11. The summed E-state index contributed by atoms with van der Waals surface area (Å²) < 4.78 is 20.5. The standard InChI is InChI=1S/C52H59N3O10/c1-2-29-63-52-47(54(34-38-15-11-14-36-12-3-4-16-41(36)38)48(59)26-21-35-19-22-39(23-20-35)55(60)61)33-45(53-65-49-18-7-10-30-62-49)43-31-37(13-5-8-27-56)42(17-6-9-28-57)50(51(43)52)44-32-40(58)24-25-46(44)64-52/h2-4,11-12,14-16,19-26,31-32,37,42,47,49-51,56-58H,1,5-10,13,17-18,27-30,33-34H2. The van der Waals surface area contributed by atoms with Crippen LogP contribution in [0.4, 0.5) is 5.69 Å². The molecule has 0 bridgehead atoms. The van der Waals surface area contributed by atoms with Crippen molar-refractivity contribution >= 4 is 34.2 Å². The maximum atomic E-state index is 15.3. The number of amides is 1. The first-order valence-corrected chi connectivity index (χ1v) is 23.0. The van der Waals surface area contributed by atoms with Crippen molar-refractivity contribution in [1.29, 1.82) is 0 Å². The molecule has 3 N–H and O–H groups in total. The highest BCUT2D eigenvalue weighted by molar-refractivity contribution is 6.03. The molecule has 4 aliphatic rings. The number of hydrogen-bond donors (Lipinski definition) is 3. The number of nitro groups is 1. The van der Waals surface area contributed by atoms with Crippen LogP contribution >= 0.6 is 0 Å². The first-order valence-electron chi connectivity index (χ1n) is 23.0. The number of ether oxygens (including phenoxy) is 3. The number of allylic oxidation sites excluding steroid dienone is 1. The maximum absolute atomic E-state index is 15.3. The van der Waals surface area contributed by atoms with Crippen LogP contribution < -0.4 is 4.74 Å². The number of rotatable bonds is 19. The molecule has 4 aromatic carbocycles. The predicted octanol–water partition coefficient (Wildman–Crippen LogP) is 9.36. The minimum atomic E-state index is -1.53. The lowest BCUT2D eigenvalue weighted by Gasteiger charge is -2.60. The normalized spacial score (nSPS) is 25.3. The lowest BCUT2D eigenvalue weighted by atomic mass is 9.55. The molecule has 342 valence electrons. The van der Waals surface area contributed by atoms with Crippen molar-refractivity contribution in [3.05, 3.63) is 142 Å². The van der Waals surface area contributed by atoms with Crippen molar-refractivity contribution in [2.75, 3.05) is 26.4 Å². The van der Waals surface area contributed by atoms with Crippen molar-refractivity contribution in [3.63, 3.8) is 0 Å². The van der Waals surface area contributed by atoms with Gasteiger partial charge in [-0.15, -0.1) is 6.58 Å². The summed E-state index contributed by atoms with van der Waals surface area (Å²) in [4.78, 5) is 34.4. The van der Waals surface area contributed by atoms with Crippen LogP contribution in [0.25, 0.3) is 16.8 Å². The van der Waals surface area contributed by atoms with Gasteiger partial charge in [-0.3, -0.25) is 14.9 Å². The van der Waals surface area contributed by atoms with Crippen molar-refractivity contribution in [3.8, 4) is 11.5 Å². The number of oxime groups is 1. The predicted molar refractivity (Wildman–Crippen MR) is 248 cm³/mol. The largest absolute Gasteiger partial charge is 0.508 e. The van der Waals surface area contributed by atoms with Crippen LogP contribution in [0.15, 0.2) is 120 Å². The molecule has 1 saturated carbocycles. The van der Waals surface area contributed by atoms with Crippen LogP contribution in [-0.2, 0) is 25.7 Å². The summed E-state index contributed by atoms with van der Waals surface area (Å²) in [6, 6.07) is 24.4. The summed E-state index contributed by atoms with van der Waals surface area (Å²) >= 11 is 0. The summed E-state index contributed by atoms with van der Waals surface area (Å²) in [5, 5.41) is 49.4. The van der Waals surface area contributed by atoms with Crippen LogP contribution in [0.2, 0.25) is 0 Å². The number of carbonyl (C=O) groups excluding carboxylic acids is 1. The van der Waals surface area contributed by atoms with Gasteiger partial charge in [0.15, 0.2) is 0 Å². The third-order valence-electron chi connectivity index (χ3n) is 13.5. The zero-order valence-electron chi connectivity index (χ0n) is 36.7. The molecule has 0 aromatic heterocycles. The van der Waals surface area contributed by atoms with Crippen LogP contribution in [-0.4, -0.2) is 81.3 Å². The topological polar surface area (TPSA) is 173 Å². The minimum absolute atomic E-state index is 0.0167. The number of aromatic hydroxyl groups is 1. The highest BCUT2D eigenvalue weighted by Crippen LogP contribution is 2.62. The zero-order valence-corrected chi connectivity index (χ0v) is 36.7. The van der Waals surface area contributed by atoms with Gasteiger partial charge in [0.25, 0.3) is 5.69 Å². The molecule has 13 heteroatoms. The van der Waals surface area contributed by atoms with E-state index in [1.54, 1.807) is 47.4 Å². The lowest BCUT2D eigenvalue weighted by molar-refractivity contribution is -0.384. The van der Waals surface area contributed by atoms with E-state index < -0.39 is 29.0 Å². The van der Waals surface area contributed by atoms with Gasteiger partial charge in [0, 0.05) is 62.3 Å². The highest BCUT2D eigenvalue weighted by atomic mass is 16.8. The van der Waals surface area contributed by atoms with Crippen molar-refractivity contribution < 1.29 is 44.1 Å². The molecule has 2 fully saturated rings. The fourth-order valence-corrected chi connectivity index (χ4v) is 10.5. The number of unbranched alkanes of at least 4 members (excludes halogenated alkanes) is 2. The molecule has 4 aromatic rings. The van der Waals surface area contributed by atoms with Crippen LogP contribution in [0.1, 0.15) is 86.8 Å². The average Bonchev–Trinajstić information content (AvgIpc) is 3.33. The van der Waals surface area contributed by atoms with Gasteiger partial charge in [0.05, 0.1) is 29.8 Å². The monoisotopic (exact) mass is 885 g/mol. The number of carbonyl (C=O) groups is 1. The number of nitrogens with zero attached hydrogens (tertiary/aromatic N) is 3. The second kappa shape index (κ2) is 21.0. The first-order chi connectivity index (χ1) is 31.7. The summed E-state index contributed by atoms with van der Waals surface area (Å²) in [6.07, 6.45) is 13.7. The molecule has 0 spiro atoms. The van der Waals surface area contributed by atoms with Gasteiger partial charge >= 0.3 is 0 Å². The first kappa shape index (κ1) is 45.7. The molecule has 8 rings (SSSR count). The lowest BCUT2D eigenvalue weighted by Crippen LogP contribution is -2.70. The summed E-state index contributed by atoms with van der Waals surface area (Å²) in [7, 11) is 0. The quantitative estimate of drug-likeness (QED) is 0.0271. The third kappa shape index (κ3) is 9.89. The molecule has 13 nitrogen and oxygen atoms in total. The number of benzene rings is 4. The maximum Gasteiger partial charge on any atom is 0.269 e. The Balaban J connectivity index is 1.34. The number of nitro benzene ring substituents is 1. The Kier molecular flexibility index (Phi) is 14.7. The molecule has 65 heavy (non-hydrogen) atoms. The Morgan fingerprint density at radius 2 is 1.77 bits per heavy atom. The SMILES string of the molecule is C=CCOC12Oc3ccc(O)cc3C3C(CCCCO)C(CCCCO)C=C(C(=NOC4CCCCO4)CC1N(Cc1cccc4ccccc14)C(=O)C=Cc1ccc([N+](=O)[O-])cc1)C32. The molecule has 1 amide bonds. The molecule has 2 aliphatic carbocycles. The number of phenolic OH excluding ortho intramolecular Hbond substituents is 1. The van der Waals surface area contributed by atoms with E-state index in [0.717, 1.165) is 66.0 Å². The van der Waals surface area contributed by atoms with E-state index in [4.69, 9.17) is 24.2 Å².